The largest absolute Gasteiger partial charge is 0.352 e. The molecule has 7 nitrogen and oxygen atoms in total. The van der Waals surface area contributed by atoms with Gasteiger partial charge in [-0.1, -0.05) is 32.4 Å². The summed E-state index contributed by atoms with van der Waals surface area (Å²) in [4.78, 5) is 29.1. The minimum Gasteiger partial charge on any atom is -0.352 e. The van der Waals surface area contributed by atoms with Crippen LogP contribution in [-0.2, 0) is 0 Å². The molecule has 0 spiro atoms. The number of aromatic nitrogens is 3. The summed E-state index contributed by atoms with van der Waals surface area (Å²) in [6, 6.07) is 12.1. The van der Waals surface area contributed by atoms with Crippen LogP contribution in [0.1, 0.15) is 36.2 Å². The smallest absolute Gasteiger partial charge is 0.280 e. The molecule has 3 aromatic rings. The van der Waals surface area contributed by atoms with Gasteiger partial charge in [0.1, 0.15) is 0 Å². The van der Waals surface area contributed by atoms with Gasteiger partial charge in [-0.05, 0) is 35.7 Å². The fraction of sp³-hybridized carbons (Fsp3) is 0.238. The van der Waals surface area contributed by atoms with Crippen molar-refractivity contribution in [3.8, 4) is 23.0 Å². The number of nitriles is 1. The van der Waals surface area contributed by atoms with Gasteiger partial charge in [-0.15, -0.1) is 0 Å². The van der Waals surface area contributed by atoms with Crippen LogP contribution in [0.5, 0.6) is 0 Å². The molecule has 1 aromatic carbocycles. The molecule has 1 amide bonds. The highest BCUT2D eigenvalue weighted by atomic mass is 16.1. The molecule has 1 unspecified atom stereocenters. The molecule has 2 N–H and O–H groups in total. The van der Waals surface area contributed by atoms with E-state index < -0.39 is 0 Å². The molecular weight excluding hydrogens is 354 g/mol. The molecule has 0 aliphatic rings. The van der Waals surface area contributed by atoms with Crippen LogP contribution in [0, 0.1) is 17.2 Å². The van der Waals surface area contributed by atoms with E-state index in [1.807, 2.05) is 0 Å². The fourth-order valence-electron chi connectivity index (χ4n) is 2.64. The standard InChI is InChI=1S/C21H21N5O2/c1-3-14(2)11-24-20(27)17-8-9-19(23-12-17)26-21(28)18(13-25-26)16-6-4-15(10-22)5-7-16/h4-9,12-14,25H,3,11H2,1-2H3,(H,24,27). The van der Waals surface area contributed by atoms with Crippen LogP contribution in [-0.4, -0.2) is 27.2 Å². The van der Waals surface area contributed by atoms with Gasteiger partial charge < -0.3 is 5.32 Å². The van der Waals surface area contributed by atoms with E-state index in [0.717, 1.165) is 6.42 Å². The van der Waals surface area contributed by atoms with Crippen LogP contribution in [0.4, 0.5) is 0 Å². The minimum absolute atomic E-state index is 0.184. The summed E-state index contributed by atoms with van der Waals surface area (Å²) >= 11 is 0. The highest BCUT2D eigenvalue weighted by Gasteiger charge is 2.12. The number of hydrogen-bond acceptors (Lipinski definition) is 4. The Labute approximate surface area is 162 Å². The van der Waals surface area contributed by atoms with Crippen molar-refractivity contribution in [2.24, 2.45) is 5.92 Å². The number of carbonyl (C=O) groups is 1. The molecule has 2 aromatic heterocycles. The maximum atomic E-state index is 12.7. The maximum Gasteiger partial charge on any atom is 0.280 e. The number of carbonyl (C=O) groups excluding carboxylic acids is 1. The van der Waals surface area contributed by atoms with Crippen LogP contribution < -0.4 is 10.9 Å². The SMILES string of the molecule is CCC(C)CNC(=O)c1ccc(-n2[nH]cc(-c3ccc(C#N)cc3)c2=O)nc1. The average Bonchev–Trinajstić information content (AvgIpc) is 3.13. The Bertz CT molecular complexity index is 1060. The first kappa shape index (κ1) is 19.1. The number of aromatic amines is 1. The van der Waals surface area contributed by atoms with Gasteiger partial charge in [-0.3, -0.25) is 14.7 Å². The van der Waals surface area contributed by atoms with E-state index in [1.54, 1.807) is 42.6 Å². The van der Waals surface area contributed by atoms with Gasteiger partial charge in [0.2, 0.25) is 0 Å². The second-order valence-electron chi connectivity index (χ2n) is 6.65. The van der Waals surface area contributed by atoms with E-state index >= 15 is 0 Å². The Morgan fingerprint density at radius 2 is 2.04 bits per heavy atom. The molecule has 2 heterocycles. The van der Waals surface area contributed by atoms with Crippen LogP contribution >= 0.6 is 0 Å². The Morgan fingerprint density at radius 1 is 1.29 bits per heavy atom. The molecule has 1 atom stereocenters. The number of pyridine rings is 1. The summed E-state index contributed by atoms with van der Waals surface area (Å²) in [5.74, 6) is 0.620. The van der Waals surface area contributed by atoms with Gasteiger partial charge >= 0.3 is 0 Å². The number of nitrogens with one attached hydrogen (secondary N) is 2. The number of hydrogen-bond donors (Lipinski definition) is 2. The molecule has 0 aliphatic carbocycles. The molecular formula is C21H21N5O2. The van der Waals surface area contributed by atoms with Crippen molar-refractivity contribution in [2.45, 2.75) is 20.3 Å². The fourth-order valence-corrected chi connectivity index (χ4v) is 2.64. The van der Waals surface area contributed by atoms with Crippen molar-refractivity contribution in [3.05, 3.63) is 70.3 Å². The average molecular weight is 375 g/mol. The number of amides is 1. The van der Waals surface area contributed by atoms with Crippen molar-refractivity contribution >= 4 is 5.91 Å². The number of benzene rings is 1. The lowest BCUT2D eigenvalue weighted by Crippen LogP contribution is -2.28. The number of nitrogens with zero attached hydrogens (tertiary/aromatic N) is 3. The molecule has 0 radical (unpaired) electrons. The second-order valence-corrected chi connectivity index (χ2v) is 6.65. The lowest BCUT2D eigenvalue weighted by atomic mass is 10.1. The van der Waals surface area contributed by atoms with E-state index in [-0.39, 0.29) is 11.5 Å². The first-order chi connectivity index (χ1) is 13.5. The molecule has 0 aliphatic heterocycles. The van der Waals surface area contributed by atoms with Gasteiger partial charge in [-0.25, -0.2) is 9.67 Å². The van der Waals surface area contributed by atoms with E-state index in [9.17, 15) is 9.59 Å². The van der Waals surface area contributed by atoms with Crippen LogP contribution in [0.15, 0.2) is 53.6 Å². The molecule has 0 bridgehead atoms. The molecule has 142 valence electrons. The van der Waals surface area contributed by atoms with Crippen molar-refractivity contribution in [3.63, 3.8) is 0 Å². The quantitative estimate of drug-likeness (QED) is 0.691. The molecule has 28 heavy (non-hydrogen) atoms. The first-order valence-corrected chi connectivity index (χ1v) is 9.09. The highest BCUT2D eigenvalue weighted by molar-refractivity contribution is 5.93. The molecule has 0 saturated carbocycles. The predicted molar refractivity (Wildman–Crippen MR) is 106 cm³/mol. The van der Waals surface area contributed by atoms with Gasteiger partial charge in [0, 0.05) is 18.9 Å². The third-order valence-corrected chi connectivity index (χ3v) is 4.64. The van der Waals surface area contributed by atoms with Crippen LogP contribution in [0.25, 0.3) is 16.9 Å². The third-order valence-electron chi connectivity index (χ3n) is 4.64. The van der Waals surface area contributed by atoms with Crippen molar-refractivity contribution in [1.82, 2.24) is 20.1 Å². The van der Waals surface area contributed by atoms with E-state index in [2.05, 4.69) is 35.3 Å². The van der Waals surface area contributed by atoms with Gasteiger partial charge in [-0.2, -0.15) is 5.26 Å². The lowest BCUT2D eigenvalue weighted by Gasteiger charge is -2.10. The second kappa shape index (κ2) is 8.35. The van der Waals surface area contributed by atoms with E-state index in [0.29, 0.717) is 40.5 Å². The predicted octanol–water partition coefficient (Wildman–Crippen LogP) is 2.88. The van der Waals surface area contributed by atoms with E-state index in [4.69, 9.17) is 5.26 Å². The molecule has 0 fully saturated rings. The Balaban J connectivity index is 1.79. The van der Waals surface area contributed by atoms with Crippen LogP contribution in [0.2, 0.25) is 0 Å². The summed E-state index contributed by atoms with van der Waals surface area (Å²) in [7, 11) is 0. The zero-order chi connectivity index (χ0) is 20.1. The van der Waals surface area contributed by atoms with Crippen molar-refractivity contribution < 1.29 is 4.79 Å². The van der Waals surface area contributed by atoms with Crippen molar-refractivity contribution in [1.29, 1.82) is 5.26 Å². The third kappa shape index (κ3) is 4.01. The number of H-pyrrole nitrogens is 1. The Kier molecular flexibility index (Phi) is 5.70. The highest BCUT2D eigenvalue weighted by Crippen LogP contribution is 2.16. The van der Waals surface area contributed by atoms with Gasteiger partial charge in [0.25, 0.3) is 11.5 Å². The number of rotatable bonds is 6. The molecule has 0 saturated heterocycles. The summed E-state index contributed by atoms with van der Waals surface area (Å²) < 4.78 is 1.31. The summed E-state index contributed by atoms with van der Waals surface area (Å²) in [5.41, 5.74) is 1.90. The minimum atomic E-state index is -0.258. The normalized spacial score (nSPS) is 11.6. The lowest BCUT2D eigenvalue weighted by molar-refractivity contribution is 0.0947. The first-order valence-electron chi connectivity index (χ1n) is 9.09. The summed E-state index contributed by atoms with van der Waals surface area (Å²) in [6.45, 7) is 4.76. The van der Waals surface area contributed by atoms with E-state index in [1.165, 1.54) is 10.9 Å². The molecule has 7 heteroatoms. The zero-order valence-corrected chi connectivity index (χ0v) is 15.8. The topological polar surface area (TPSA) is 104 Å². The Hall–Kier alpha value is -3.66. The van der Waals surface area contributed by atoms with Crippen LogP contribution in [0.3, 0.4) is 0 Å². The maximum absolute atomic E-state index is 12.7. The molecule has 3 rings (SSSR count). The summed E-state index contributed by atoms with van der Waals surface area (Å²) in [5, 5.41) is 14.6. The monoisotopic (exact) mass is 375 g/mol. The van der Waals surface area contributed by atoms with Gasteiger partial charge in [0.15, 0.2) is 5.82 Å². The summed E-state index contributed by atoms with van der Waals surface area (Å²) in [6.07, 6.45) is 4.04. The van der Waals surface area contributed by atoms with Gasteiger partial charge in [0.05, 0.1) is 22.8 Å². The zero-order valence-electron chi connectivity index (χ0n) is 15.8. The Morgan fingerprint density at radius 3 is 2.64 bits per heavy atom. The van der Waals surface area contributed by atoms with Crippen molar-refractivity contribution in [2.75, 3.05) is 6.54 Å².